The number of carbonyl (C=O) groups is 1. The van der Waals surface area contributed by atoms with Gasteiger partial charge in [-0.3, -0.25) is 4.79 Å². The lowest BCUT2D eigenvalue weighted by atomic mass is 9.92. The molecule has 6 heteroatoms. The average molecular weight is 400 g/mol. The van der Waals surface area contributed by atoms with Crippen LogP contribution in [0, 0.1) is 0 Å². The van der Waals surface area contributed by atoms with Gasteiger partial charge in [-0.25, -0.2) is 0 Å². The molecule has 0 radical (unpaired) electrons. The molecule has 0 N–H and O–H groups in total. The minimum absolute atomic E-state index is 0.202. The van der Waals surface area contributed by atoms with Gasteiger partial charge < -0.3 is 23.7 Å². The minimum atomic E-state index is -0.545. The number of fused-ring (bicyclic) bond motifs is 1. The highest BCUT2D eigenvalue weighted by Crippen LogP contribution is 2.42. The molecule has 29 heavy (non-hydrogen) atoms. The highest BCUT2D eigenvalue weighted by Gasteiger charge is 2.30. The second-order valence-electron chi connectivity index (χ2n) is 6.48. The molecule has 0 unspecified atom stereocenters. The fourth-order valence-corrected chi connectivity index (χ4v) is 3.42. The van der Waals surface area contributed by atoms with Gasteiger partial charge in [0, 0.05) is 11.1 Å². The molecule has 2 aromatic carbocycles. The molecular formula is C23H28O6. The molecule has 0 amide bonds. The number of cyclic esters (lactones) is 1. The summed E-state index contributed by atoms with van der Waals surface area (Å²) >= 11 is 0. The molecule has 0 saturated heterocycles. The quantitative estimate of drug-likeness (QED) is 0.579. The number of hydrogen-bond donors (Lipinski definition) is 0. The lowest BCUT2D eigenvalue weighted by Gasteiger charge is -2.28. The second kappa shape index (κ2) is 9.54. The van der Waals surface area contributed by atoms with E-state index in [4.69, 9.17) is 23.7 Å². The maximum Gasteiger partial charge on any atom is 0.311 e. The molecule has 0 aliphatic carbocycles. The SMILES string of the molecule is CCOc1ccc([C@@H]2OC(=O)Cc3cc(OCC)c(OCC)cc32)cc1OCC. The average Bonchev–Trinajstić information content (AvgIpc) is 2.70. The van der Waals surface area contributed by atoms with Crippen LogP contribution in [0.2, 0.25) is 0 Å². The van der Waals surface area contributed by atoms with E-state index >= 15 is 0 Å². The first kappa shape index (κ1) is 20.8. The summed E-state index contributed by atoms with van der Waals surface area (Å²) in [6, 6.07) is 9.42. The monoisotopic (exact) mass is 400 g/mol. The Bertz CT molecular complexity index is 861. The third-order valence-electron chi connectivity index (χ3n) is 4.54. The van der Waals surface area contributed by atoms with Gasteiger partial charge in [0.05, 0.1) is 32.8 Å². The minimum Gasteiger partial charge on any atom is -0.490 e. The van der Waals surface area contributed by atoms with E-state index in [1.807, 2.05) is 58.0 Å². The molecule has 3 rings (SSSR count). The predicted molar refractivity (Wildman–Crippen MR) is 109 cm³/mol. The van der Waals surface area contributed by atoms with E-state index in [1.54, 1.807) is 0 Å². The fourth-order valence-electron chi connectivity index (χ4n) is 3.42. The van der Waals surface area contributed by atoms with Gasteiger partial charge in [0.25, 0.3) is 0 Å². The predicted octanol–water partition coefficient (Wildman–Crippen LogP) is 4.47. The van der Waals surface area contributed by atoms with Crippen LogP contribution in [0.25, 0.3) is 0 Å². The zero-order valence-corrected chi connectivity index (χ0v) is 17.4. The van der Waals surface area contributed by atoms with Crippen molar-refractivity contribution in [2.75, 3.05) is 26.4 Å². The summed E-state index contributed by atoms with van der Waals surface area (Å²) in [6.07, 6.45) is -0.343. The molecule has 2 aromatic rings. The zero-order chi connectivity index (χ0) is 20.8. The first-order valence-electron chi connectivity index (χ1n) is 10.1. The lowest BCUT2D eigenvalue weighted by molar-refractivity contribution is -0.148. The topological polar surface area (TPSA) is 63.2 Å². The van der Waals surface area contributed by atoms with Crippen LogP contribution in [0.15, 0.2) is 30.3 Å². The van der Waals surface area contributed by atoms with Crippen molar-refractivity contribution in [2.24, 2.45) is 0 Å². The van der Waals surface area contributed by atoms with Crippen LogP contribution < -0.4 is 18.9 Å². The molecule has 156 valence electrons. The van der Waals surface area contributed by atoms with E-state index in [9.17, 15) is 4.79 Å². The highest BCUT2D eigenvalue weighted by atomic mass is 16.5. The number of hydrogen-bond acceptors (Lipinski definition) is 6. The molecule has 1 aliphatic rings. The summed E-state index contributed by atoms with van der Waals surface area (Å²) in [7, 11) is 0. The summed E-state index contributed by atoms with van der Waals surface area (Å²) in [5.74, 6) is 2.31. The van der Waals surface area contributed by atoms with Crippen molar-refractivity contribution in [2.45, 2.75) is 40.2 Å². The van der Waals surface area contributed by atoms with Crippen molar-refractivity contribution in [1.82, 2.24) is 0 Å². The smallest absolute Gasteiger partial charge is 0.311 e. The fraction of sp³-hybridized carbons (Fsp3) is 0.435. The highest BCUT2D eigenvalue weighted by molar-refractivity contribution is 5.77. The first-order chi connectivity index (χ1) is 14.1. The molecule has 0 aromatic heterocycles. The standard InChI is InChI=1S/C23H28O6/c1-5-25-18-10-9-15(11-19(18)26-6-2)23-17-14-21(28-8-4)20(27-7-3)12-16(17)13-22(24)29-23/h9-12,14,23H,5-8,13H2,1-4H3/t23-/m0/s1. The van der Waals surface area contributed by atoms with Gasteiger partial charge in [-0.15, -0.1) is 0 Å². The number of benzene rings is 2. The Labute approximate surface area is 171 Å². The van der Waals surface area contributed by atoms with Gasteiger partial charge in [-0.2, -0.15) is 0 Å². The molecule has 0 spiro atoms. The van der Waals surface area contributed by atoms with E-state index in [2.05, 4.69) is 0 Å². The molecule has 1 atom stereocenters. The maximum absolute atomic E-state index is 12.3. The third-order valence-corrected chi connectivity index (χ3v) is 4.54. The van der Waals surface area contributed by atoms with E-state index in [-0.39, 0.29) is 12.4 Å². The van der Waals surface area contributed by atoms with Gasteiger partial charge in [0.15, 0.2) is 29.1 Å². The van der Waals surface area contributed by atoms with Gasteiger partial charge in [0.1, 0.15) is 0 Å². The van der Waals surface area contributed by atoms with Crippen LogP contribution >= 0.6 is 0 Å². The van der Waals surface area contributed by atoms with E-state index in [0.29, 0.717) is 49.4 Å². The second-order valence-corrected chi connectivity index (χ2v) is 6.48. The van der Waals surface area contributed by atoms with Crippen molar-refractivity contribution in [3.63, 3.8) is 0 Å². The van der Waals surface area contributed by atoms with Crippen LogP contribution in [-0.4, -0.2) is 32.4 Å². The Balaban J connectivity index is 2.06. The maximum atomic E-state index is 12.3. The summed E-state index contributed by atoms with van der Waals surface area (Å²) in [5.41, 5.74) is 2.59. The van der Waals surface area contributed by atoms with Gasteiger partial charge >= 0.3 is 5.97 Å². The van der Waals surface area contributed by atoms with Crippen molar-refractivity contribution in [1.29, 1.82) is 0 Å². The molecular weight excluding hydrogens is 372 g/mol. The number of esters is 1. The number of ether oxygens (including phenoxy) is 5. The number of carbonyl (C=O) groups excluding carboxylic acids is 1. The third kappa shape index (κ3) is 4.58. The molecule has 0 bridgehead atoms. The zero-order valence-electron chi connectivity index (χ0n) is 17.4. The van der Waals surface area contributed by atoms with Crippen LogP contribution in [-0.2, 0) is 16.0 Å². The van der Waals surface area contributed by atoms with Crippen LogP contribution in [0.5, 0.6) is 23.0 Å². The van der Waals surface area contributed by atoms with E-state index < -0.39 is 6.10 Å². The lowest BCUT2D eigenvalue weighted by Crippen LogP contribution is -2.22. The molecule has 0 fully saturated rings. The Morgan fingerprint density at radius 3 is 1.97 bits per heavy atom. The van der Waals surface area contributed by atoms with Crippen molar-refractivity contribution in [3.8, 4) is 23.0 Å². The largest absolute Gasteiger partial charge is 0.490 e. The number of rotatable bonds is 9. The first-order valence-corrected chi connectivity index (χ1v) is 10.1. The van der Waals surface area contributed by atoms with Crippen LogP contribution in [0.3, 0.4) is 0 Å². The van der Waals surface area contributed by atoms with Gasteiger partial charge in [-0.05, 0) is 57.5 Å². The van der Waals surface area contributed by atoms with Crippen molar-refractivity contribution >= 4 is 5.97 Å². The Morgan fingerprint density at radius 1 is 0.793 bits per heavy atom. The van der Waals surface area contributed by atoms with Crippen molar-refractivity contribution < 1.29 is 28.5 Å². The van der Waals surface area contributed by atoms with Gasteiger partial charge in [-0.1, -0.05) is 6.07 Å². The Kier molecular flexibility index (Phi) is 6.86. The van der Waals surface area contributed by atoms with Crippen LogP contribution in [0.1, 0.15) is 50.5 Å². The van der Waals surface area contributed by atoms with Gasteiger partial charge in [0.2, 0.25) is 0 Å². The summed E-state index contributed by atoms with van der Waals surface area (Å²) in [6.45, 7) is 9.77. The van der Waals surface area contributed by atoms with Crippen LogP contribution in [0.4, 0.5) is 0 Å². The molecule has 0 saturated carbocycles. The summed E-state index contributed by atoms with van der Waals surface area (Å²) in [5, 5.41) is 0. The van der Waals surface area contributed by atoms with E-state index in [0.717, 1.165) is 16.7 Å². The Morgan fingerprint density at radius 2 is 1.34 bits per heavy atom. The Hall–Kier alpha value is -2.89. The molecule has 1 heterocycles. The molecule has 1 aliphatic heterocycles. The molecule has 6 nitrogen and oxygen atoms in total. The summed E-state index contributed by atoms with van der Waals surface area (Å²) in [4.78, 5) is 12.3. The summed E-state index contributed by atoms with van der Waals surface area (Å²) < 4.78 is 28.6. The normalized spacial score (nSPS) is 15.3. The van der Waals surface area contributed by atoms with Crippen molar-refractivity contribution in [3.05, 3.63) is 47.0 Å². The van der Waals surface area contributed by atoms with E-state index in [1.165, 1.54) is 0 Å².